The molecule has 0 bridgehead atoms. The maximum absolute atomic E-state index is 13.0. The summed E-state index contributed by atoms with van der Waals surface area (Å²) in [4.78, 5) is 25.8. The number of halogens is 1. The van der Waals surface area contributed by atoms with Crippen molar-refractivity contribution in [1.29, 1.82) is 0 Å². The lowest BCUT2D eigenvalue weighted by atomic mass is 10.1. The molecule has 2 rings (SSSR count). The predicted octanol–water partition coefficient (Wildman–Crippen LogP) is 1.99. The quantitative estimate of drug-likeness (QED) is 0.871. The van der Waals surface area contributed by atoms with Crippen molar-refractivity contribution in [2.45, 2.75) is 45.7 Å². The molecule has 1 aliphatic heterocycles. The van der Waals surface area contributed by atoms with Crippen LogP contribution < -0.4 is 10.6 Å². The highest BCUT2D eigenvalue weighted by Gasteiger charge is 2.33. The molecule has 0 spiro atoms. The Labute approximate surface area is 136 Å². The molecule has 126 valence electrons. The number of nitrogens with one attached hydrogen (secondary N) is 2. The summed E-state index contributed by atoms with van der Waals surface area (Å²) in [5.74, 6) is -0.282. The first-order valence-electron chi connectivity index (χ1n) is 7.98. The molecular formula is C17H24FN3O2. The molecule has 1 aliphatic rings. The summed E-state index contributed by atoms with van der Waals surface area (Å²) in [5, 5.41) is 5.47. The Morgan fingerprint density at radius 2 is 2.17 bits per heavy atom. The second-order valence-corrected chi connectivity index (χ2v) is 6.19. The van der Waals surface area contributed by atoms with Crippen molar-refractivity contribution in [1.82, 2.24) is 15.5 Å². The van der Waals surface area contributed by atoms with Gasteiger partial charge in [0.05, 0.1) is 0 Å². The van der Waals surface area contributed by atoms with Gasteiger partial charge in [0.2, 0.25) is 5.91 Å². The molecule has 1 heterocycles. The van der Waals surface area contributed by atoms with Crippen molar-refractivity contribution in [2.75, 3.05) is 13.1 Å². The van der Waals surface area contributed by atoms with E-state index in [9.17, 15) is 14.0 Å². The van der Waals surface area contributed by atoms with Crippen LogP contribution in [0.4, 0.5) is 9.18 Å². The third-order valence-electron chi connectivity index (χ3n) is 4.15. The minimum atomic E-state index is -0.440. The van der Waals surface area contributed by atoms with Crippen LogP contribution >= 0.6 is 0 Å². The maximum Gasteiger partial charge on any atom is 0.315 e. The number of carbonyl (C=O) groups is 2. The zero-order valence-electron chi connectivity index (χ0n) is 13.9. The summed E-state index contributed by atoms with van der Waals surface area (Å²) in [6.45, 7) is 6.89. The van der Waals surface area contributed by atoms with Gasteiger partial charge in [0, 0.05) is 19.1 Å². The van der Waals surface area contributed by atoms with Crippen LogP contribution in [0.15, 0.2) is 18.2 Å². The number of benzene rings is 1. The highest BCUT2D eigenvalue weighted by Crippen LogP contribution is 2.14. The Bertz CT molecular complexity index is 589. The monoisotopic (exact) mass is 321 g/mol. The summed E-state index contributed by atoms with van der Waals surface area (Å²) in [6, 6.07) is 4.00. The average molecular weight is 321 g/mol. The molecule has 0 unspecified atom stereocenters. The SMILES string of the molecule is Cc1cc(F)ccc1CCNC(=O)N[C@@H]1CCN(C(C)C)C1=O. The number of urea groups is 1. The van der Waals surface area contributed by atoms with E-state index in [1.807, 2.05) is 20.8 Å². The van der Waals surface area contributed by atoms with E-state index >= 15 is 0 Å². The van der Waals surface area contributed by atoms with Crippen molar-refractivity contribution in [3.63, 3.8) is 0 Å². The molecule has 1 saturated heterocycles. The van der Waals surface area contributed by atoms with Gasteiger partial charge in [-0.25, -0.2) is 9.18 Å². The predicted molar refractivity (Wildman–Crippen MR) is 86.6 cm³/mol. The third-order valence-corrected chi connectivity index (χ3v) is 4.15. The number of nitrogens with zero attached hydrogens (tertiary/aromatic N) is 1. The highest BCUT2D eigenvalue weighted by atomic mass is 19.1. The van der Waals surface area contributed by atoms with Crippen LogP contribution in [-0.2, 0) is 11.2 Å². The number of hydrogen-bond donors (Lipinski definition) is 2. The first-order valence-corrected chi connectivity index (χ1v) is 7.98. The zero-order chi connectivity index (χ0) is 17.0. The summed E-state index contributed by atoms with van der Waals surface area (Å²) < 4.78 is 13.0. The lowest BCUT2D eigenvalue weighted by Crippen LogP contribution is -2.47. The topological polar surface area (TPSA) is 61.4 Å². The smallest absolute Gasteiger partial charge is 0.315 e. The highest BCUT2D eigenvalue weighted by molar-refractivity contribution is 5.88. The third kappa shape index (κ3) is 4.43. The van der Waals surface area contributed by atoms with Gasteiger partial charge in [-0.3, -0.25) is 4.79 Å². The Balaban J connectivity index is 1.76. The molecule has 1 fully saturated rings. The lowest BCUT2D eigenvalue weighted by molar-refractivity contribution is -0.130. The number of amides is 3. The van der Waals surface area contributed by atoms with Gasteiger partial charge in [-0.1, -0.05) is 6.07 Å². The van der Waals surface area contributed by atoms with E-state index in [1.165, 1.54) is 12.1 Å². The summed E-state index contributed by atoms with van der Waals surface area (Å²) in [6.07, 6.45) is 1.26. The number of carbonyl (C=O) groups excluding carboxylic acids is 2. The van der Waals surface area contributed by atoms with Crippen LogP contribution in [0, 0.1) is 12.7 Å². The van der Waals surface area contributed by atoms with Gasteiger partial charge in [0.15, 0.2) is 0 Å². The maximum atomic E-state index is 13.0. The molecule has 23 heavy (non-hydrogen) atoms. The van der Waals surface area contributed by atoms with Gasteiger partial charge >= 0.3 is 6.03 Å². The Kier molecular flexibility index (Phi) is 5.58. The minimum absolute atomic E-state index is 0.0236. The molecule has 0 aliphatic carbocycles. The molecule has 1 aromatic carbocycles. The van der Waals surface area contributed by atoms with E-state index in [4.69, 9.17) is 0 Å². The molecule has 2 N–H and O–H groups in total. The fourth-order valence-corrected chi connectivity index (χ4v) is 2.81. The first-order chi connectivity index (χ1) is 10.9. The largest absolute Gasteiger partial charge is 0.338 e. The van der Waals surface area contributed by atoms with E-state index in [-0.39, 0.29) is 23.8 Å². The number of likely N-dealkylation sites (tertiary alicyclic amines) is 1. The second-order valence-electron chi connectivity index (χ2n) is 6.19. The molecule has 6 heteroatoms. The molecule has 5 nitrogen and oxygen atoms in total. The number of rotatable bonds is 5. The number of hydrogen-bond acceptors (Lipinski definition) is 2. The van der Waals surface area contributed by atoms with Gasteiger partial charge in [-0.15, -0.1) is 0 Å². The van der Waals surface area contributed by atoms with Crippen LogP contribution in [0.5, 0.6) is 0 Å². The minimum Gasteiger partial charge on any atom is -0.338 e. The summed E-state index contributed by atoms with van der Waals surface area (Å²) >= 11 is 0. The Morgan fingerprint density at radius 1 is 1.43 bits per heavy atom. The van der Waals surface area contributed by atoms with E-state index in [0.717, 1.165) is 11.1 Å². The van der Waals surface area contributed by atoms with E-state index < -0.39 is 6.04 Å². The van der Waals surface area contributed by atoms with Gasteiger partial charge in [0.1, 0.15) is 11.9 Å². The molecule has 0 aromatic heterocycles. The van der Waals surface area contributed by atoms with E-state index in [2.05, 4.69) is 10.6 Å². The van der Waals surface area contributed by atoms with E-state index in [1.54, 1.807) is 11.0 Å². The van der Waals surface area contributed by atoms with Crippen LogP contribution in [-0.4, -0.2) is 42.0 Å². The summed E-state index contributed by atoms with van der Waals surface area (Å²) in [5.41, 5.74) is 1.86. The fourth-order valence-electron chi connectivity index (χ4n) is 2.81. The van der Waals surface area contributed by atoms with Crippen molar-refractivity contribution < 1.29 is 14.0 Å². The fraction of sp³-hybridized carbons (Fsp3) is 0.529. The van der Waals surface area contributed by atoms with E-state index in [0.29, 0.717) is 25.9 Å². The zero-order valence-corrected chi connectivity index (χ0v) is 13.9. The van der Waals surface area contributed by atoms with Gasteiger partial charge < -0.3 is 15.5 Å². The van der Waals surface area contributed by atoms with Crippen molar-refractivity contribution in [3.05, 3.63) is 35.1 Å². The molecular weight excluding hydrogens is 297 g/mol. The van der Waals surface area contributed by atoms with Gasteiger partial charge in [-0.05, 0) is 56.9 Å². The van der Waals surface area contributed by atoms with Crippen molar-refractivity contribution in [3.8, 4) is 0 Å². The second kappa shape index (κ2) is 7.44. The lowest BCUT2D eigenvalue weighted by Gasteiger charge is -2.21. The molecule has 0 saturated carbocycles. The normalized spacial score (nSPS) is 17.7. The molecule has 3 amide bonds. The van der Waals surface area contributed by atoms with Gasteiger partial charge in [-0.2, -0.15) is 0 Å². The Hall–Kier alpha value is -2.11. The van der Waals surface area contributed by atoms with Crippen molar-refractivity contribution >= 4 is 11.9 Å². The summed E-state index contributed by atoms with van der Waals surface area (Å²) in [7, 11) is 0. The van der Waals surface area contributed by atoms with Crippen LogP contribution in [0.25, 0.3) is 0 Å². The molecule has 1 aromatic rings. The van der Waals surface area contributed by atoms with Crippen LogP contribution in [0.2, 0.25) is 0 Å². The standard InChI is InChI=1S/C17H24FN3O2/c1-11(2)21-9-7-15(16(21)22)20-17(23)19-8-6-13-4-5-14(18)10-12(13)3/h4-5,10-11,15H,6-9H2,1-3H3,(H2,19,20,23)/t15-/m1/s1. The molecule has 1 atom stereocenters. The Morgan fingerprint density at radius 3 is 2.78 bits per heavy atom. The number of aryl methyl sites for hydroxylation is 1. The van der Waals surface area contributed by atoms with Crippen molar-refractivity contribution in [2.24, 2.45) is 0 Å². The molecule has 0 radical (unpaired) electrons. The average Bonchev–Trinajstić information content (AvgIpc) is 2.82. The van der Waals surface area contributed by atoms with Crippen LogP contribution in [0.3, 0.4) is 0 Å². The van der Waals surface area contributed by atoms with Crippen LogP contribution in [0.1, 0.15) is 31.4 Å². The first kappa shape index (κ1) is 17.2. The van der Waals surface area contributed by atoms with Gasteiger partial charge in [0.25, 0.3) is 0 Å².